The predicted molar refractivity (Wildman–Crippen MR) is 99.7 cm³/mol. The van der Waals surface area contributed by atoms with E-state index in [1.807, 2.05) is 0 Å². The Balaban J connectivity index is 2.60. The lowest BCUT2D eigenvalue weighted by molar-refractivity contribution is 0.0958. The van der Waals surface area contributed by atoms with E-state index in [2.05, 4.69) is 43.0 Å². The Morgan fingerprint density at radius 2 is 1.96 bits per heavy atom. The average molecular weight is 355 g/mol. The molecule has 0 saturated heterocycles. The summed E-state index contributed by atoms with van der Waals surface area (Å²) in [5, 5.41) is 0.395. The predicted octanol–water partition coefficient (Wildman–Crippen LogP) is 4.13. The molecule has 1 heterocycles. The molecule has 0 aliphatic carbocycles. The molecular weight excluding hydrogens is 328 g/mol. The molecule has 0 amide bonds. The van der Waals surface area contributed by atoms with Crippen LogP contribution in [0.5, 0.6) is 5.88 Å². The van der Waals surface area contributed by atoms with Crippen LogP contribution in [0.15, 0.2) is 6.07 Å². The van der Waals surface area contributed by atoms with Crippen molar-refractivity contribution >= 4 is 25.4 Å². The van der Waals surface area contributed by atoms with Gasteiger partial charge in [-0.1, -0.05) is 56.9 Å². The molecular formula is C17H27ClN2O2Si. The van der Waals surface area contributed by atoms with Crippen LogP contribution in [0.3, 0.4) is 0 Å². The molecule has 0 unspecified atom stereocenters. The van der Waals surface area contributed by atoms with E-state index in [-0.39, 0.29) is 0 Å². The van der Waals surface area contributed by atoms with Crippen molar-refractivity contribution in [3.8, 4) is 17.3 Å². The highest BCUT2D eigenvalue weighted by Gasteiger charge is 2.11. The quantitative estimate of drug-likeness (QED) is 0.433. The summed E-state index contributed by atoms with van der Waals surface area (Å²) in [5.74, 6) is 3.41. The number of ether oxygens (including phenoxy) is 2. The van der Waals surface area contributed by atoms with Gasteiger partial charge >= 0.3 is 0 Å². The number of unbranched alkanes of at least 4 members (excludes halogenated alkanes) is 2. The summed E-state index contributed by atoms with van der Waals surface area (Å²) in [7, 11) is -1.49. The summed E-state index contributed by atoms with van der Waals surface area (Å²) in [6.45, 7) is 10.3. The van der Waals surface area contributed by atoms with Gasteiger partial charge in [0.15, 0.2) is 0 Å². The number of hydrogen-bond donors (Lipinski definition) is 1. The summed E-state index contributed by atoms with van der Waals surface area (Å²) in [5.41, 5.74) is 10.2. The van der Waals surface area contributed by atoms with Gasteiger partial charge in [-0.2, -0.15) is 0 Å². The zero-order valence-electron chi connectivity index (χ0n) is 14.5. The largest absolute Gasteiger partial charge is 0.474 e. The number of nitrogens with two attached hydrogens (primary N) is 1. The second-order valence-electron chi connectivity index (χ2n) is 6.38. The molecule has 0 saturated carbocycles. The highest BCUT2D eigenvalue weighted by Crippen LogP contribution is 2.26. The van der Waals surface area contributed by atoms with Crippen LogP contribution in [0.4, 0.5) is 5.69 Å². The number of aromatic nitrogens is 1. The number of nitrogen functional groups attached to an aromatic ring is 1. The van der Waals surface area contributed by atoms with Gasteiger partial charge in [-0.15, -0.1) is 5.54 Å². The van der Waals surface area contributed by atoms with Crippen LogP contribution in [0.1, 0.15) is 31.9 Å². The Hall–Kier alpha value is -1.22. The number of anilines is 1. The van der Waals surface area contributed by atoms with Gasteiger partial charge in [0.1, 0.15) is 25.4 Å². The maximum Gasteiger partial charge on any atom is 0.234 e. The molecule has 1 aromatic rings. The van der Waals surface area contributed by atoms with Gasteiger partial charge in [-0.3, -0.25) is 0 Å². The highest BCUT2D eigenvalue weighted by atomic mass is 35.5. The normalized spacial score (nSPS) is 11.0. The lowest BCUT2D eigenvalue weighted by Gasteiger charge is -2.10. The molecule has 0 aliphatic rings. The summed E-state index contributed by atoms with van der Waals surface area (Å²) < 4.78 is 11.1. The Labute approximate surface area is 145 Å². The van der Waals surface area contributed by atoms with E-state index >= 15 is 0 Å². The van der Waals surface area contributed by atoms with Gasteiger partial charge in [0.25, 0.3) is 0 Å². The molecule has 2 N–H and O–H groups in total. The van der Waals surface area contributed by atoms with E-state index in [0.717, 1.165) is 13.0 Å². The summed E-state index contributed by atoms with van der Waals surface area (Å²) in [4.78, 5) is 4.34. The molecule has 0 atom stereocenters. The molecule has 6 heteroatoms. The average Bonchev–Trinajstić information content (AvgIpc) is 2.46. The molecule has 1 rings (SSSR count). The number of rotatable bonds is 8. The van der Waals surface area contributed by atoms with Gasteiger partial charge in [0.2, 0.25) is 5.88 Å². The number of hydrogen-bond acceptors (Lipinski definition) is 4. The van der Waals surface area contributed by atoms with E-state index in [0.29, 0.717) is 35.5 Å². The fourth-order valence-corrected chi connectivity index (χ4v) is 2.40. The molecule has 1 aromatic heterocycles. The SMILES string of the molecule is CCCCCOCCOc1nc(C#C[Si](C)(C)C)c(N)cc1Cl. The van der Waals surface area contributed by atoms with Crippen molar-refractivity contribution in [1.82, 2.24) is 4.98 Å². The van der Waals surface area contributed by atoms with Gasteiger partial charge in [-0.25, -0.2) is 4.98 Å². The van der Waals surface area contributed by atoms with Crippen LogP contribution >= 0.6 is 11.6 Å². The third-order valence-corrected chi connectivity index (χ3v) is 4.03. The van der Waals surface area contributed by atoms with Gasteiger partial charge in [0.05, 0.1) is 12.3 Å². The first-order valence-corrected chi connectivity index (χ1v) is 11.9. The molecule has 0 spiro atoms. The zero-order chi connectivity index (χ0) is 17.3. The standard InChI is InChI=1S/C17H27ClN2O2Si/c1-5-6-7-9-21-10-11-22-17-14(18)13-15(19)16(20-17)8-12-23(2,3)4/h13H,5-7,9-11,19H2,1-4H3. The summed E-state index contributed by atoms with van der Waals surface area (Å²) >= 11 is 6.13. The lowest BCUT2D eigenvalue weighted by atomic mass is 10.3. The van der Waals surface area contributed by atoms with Crippen molar-refractivity contribution < 1.29 is 9.47 Å². The Morgan fingerprint density at radius 3 is 2.61 bits per heavy atom. The molecule has 0 fully saturated rings. The topological polar surface area (TPSA) is 57.4 Å². The van der Waals surface area contributed by atoms with Crippen molar-refractivity contribution in [2.45, 2.75) is 45.8 Å². The third-order valence-electron chi connectivity index (χ3n) is 2.89. The van der Waals surface area contributed by atoms with Crippen molar-refractivity contribution in [2.24, 2.45) is 0 Å². The minimum atomic E-state index is -1.49. The van der Waals surface area contributed by atoms with Crippen molar-refractivity contribution in [3.05, 3.63) is 16.8 Å². The number of nitrogens with zero attached hydrogens (tertiary/aromatic N) is 1. The lowest BCUT2D eigenvalue weighted by Crippen LogP contribution is -2.16. The van der Waals surface area contributed by atoms with Crippen LogP contribution in [0, 0.1) is 11.5 Å². The van der Waals surface area contributed by atoms with Crippen molar-refractivity contribution in [3.63, 3.8) is 0 Å². The number of halogens is 1. The second kappa shape index (κ2) is 9.81. The first kappa shape index (κ1) is 19.8. The van der Waals surface area contributed by atoms with Gasteiger partial charge < -0.3 is 15.2 Å². The first-order valence-electron chi connectivity index (χ1n) is 8.03. The molecule has 0 bridgehead atoms. The van der Waals surface area contributed by atoms with Crippen molar-refractivity contribution in [2.75, 3.05) is 25.6 Å². The molecule has 23 heavy (non-hydrogen) atoms. The minimum Gasteiger partial charge on any atom is -0.474 e. The monoisotopic (exact) mass is 354 g/mol. The zero-order valence-corrected chi connectivity index (χ0v) is 16.3. The molecule has 4 nitrogen and oxygen atoms in total. The number of pyridine rings is 1. The molecule has 0 aromatic carbocycles. The van der Waals surface area contributed by atoms with E-state index in [9.17, 15) is 0 Å². The van der Waals surface area contributed by atoms with Crippen LogP contribution in [0.25, 0.3) is 0 Å². The maximum absolute atomic E-state index is 6.13. The van der Waals surface area contributed by atoms with E-state index < -0.39 is 8.07 Å². The fourth-order valence-electron chi connectivity index (χ4n) is 1.69. The van der Waals surface area contributed by atoms with Crippen LogP contribution in [-0.2, 0) is 4.74 Å². The van der Waals surface area contributed by atoms with Crippen LogP contribution < -0.4 is 10.5 Å². The van der Waals surface area contributed by atoms with Crippen molar-refractivity contribution in [1.29, 1.82) is 0 Å². The highest BCUT2D eigenvalue weighted by molar-refractivity contribution is 6.83. The molecule has 128 valence electrons. The fraction of sp³-hybridized carbons (Fsp3) is 0.588. The van der Waals surface area contributed by atoms with Gasteiger partial charge in [0, 0.05) is 6.61 Å². The molecule has 0 aliphatic heterocycles. The second-order valence-corrected chi connectivity index (χ2v) is 11.5. The third kappa shape index (κ3) is 8.26. The maximum atomic E-state index is 6.13. The summed E-state index contributed by atoms with van der Waals surface area (Å²) in [6.07, 6.45) is 3.45. The van der Waals surface area contributed by atoms with E-state index in [4.69, 9.17) is 26.8 Å². The van der Waals surface area contributed by atoms with E-state index in [1.165, 1.54) is 12.8 Å². The summed E-state index contributed by atoms with van der Waals surface area (Å²) in [6, 6.07) is 1.64. The Morgan fingerprint density at radius 1 is 1.22 bits per heavy atom. The molecule has 0 radical (unpaired) electrons. The smallest absolute Gasteiger partial charge is 0.234 e. The first-order chi connectivity index (χ1) is 10.8. The van der Waals surface area contributed by atoms with Crippen LogP contribution in [0.2, 0.25) is 24.7 Å². The Kier molecular flexibility index (Phi) is 8.46. The van der Waals surface area contributed by atoms with Gasteiger partial charge in [-0.05, 0) is 12.5 Å². The minimum absolute atomic E-state index is 0.359. The van der Waals surface area contributed by atoms with Crippen LogP contribution in [-0.4, -0.2) is 32.9 Å². The Bertz CT molecular complexity index is 562. The van der Waals surface area contributed by atoms with E-state index in [1.54, 1.807) is 6.07 Å².